The van der Waals surface area contributed by atoms with Crippen molar-refractivity contribution >= 4 is 17.7 Å². The van der Waals surface area contributed by atoms with Crippen LogP contribution in [0.3, 0.4) is 0 Å². The van der Waals surface area contributed by atoms with Gasteiger partial charge >= 0.3 is 0 Å². The Morgan fingerprint density at radius 2 is 1.26 bits per heavy atom. The number of nitrogens with zero attached hydrogens (tertiary/aromatic N) is 4. The monoisotopic (exact) mass is 536 g/mol. The topological polar surface area (TPSA) is 91.9 Å². The van der Waals surface area contributed by atoms with E-state index in [4.69, 9.17) is 14.2 Å². The van der Waals surface area contributed by atoms with Gasteiger partial charge < -0.3 is 28.9 Å². The minimum absolute atomic E-state index is 0.0800. The van der Waals surface area contributed by atoms with Gasteiger partial charge in [-0.05, 0) is 55.6 Å². The Morgan fingerprint density at radius 1 is 0.744 bits per heavy atom. The minimum atomic E-state index is -0.958. The van der Waals surface area contributed by atoms with Crippen molar-refractivity contribution in [2.75, 3.05) is 67.1 Å². The lowest BCUT2D eigenvalue weighted by atomic mass is 9.96. The Morgan fingerprint density at radius 3 is 1.77 bits per heavy atom. The highest BCUT2D eigenvalue weighted by Crippen LogP contribution is 2.39. The average Bonchev–Trinajstić information content (AvgIpc) is 3.35. The number of carbonyl (C=O) groups is 3. The number of likely N-dealkylation sites (N-methyl/N-ethyl adjacent to an activating group) is 1. The molecule has 0 aromatic heterocycles. The summed E-state index contributed by atoms with van der Waals surface area (Å²) in [6.45, 7) is 3.78. The molecule has 208 valence electrons. The molecule has 5 rings (SSSR count). The summed E-state index contributed by atoms with van der Waals surface area (Å²) in [4.78, 5) is 48.4. The van der Waals surface area contributed by atoms with E-state index in [1.807, 2.05) is 11.9 Å². The van der Waals surface area contributed by atoms with Gasteiger partial charge in [-0.2, -0.15) is 0 Å². The number of ether oxygens (including phenoxy) is 3. The Labute approximate surface area is 229 Å². The molecular formula is C29H36N4O6. The predicted molar refractivity (Wildman–Crippen MR) is 144 cm³/mol. The van der Waals surface area contributed by atoms with E-state index in [1.54, 1.807) is 72.6 Å². The van der Waals surface area contributed by atoms with Crippen LogP contribution in [0.5, 0.6) is 11.5 Å². The second kappa shape index (κ2) is 11.2. The fraction of sp³-hybridized carbons (Fsp3) is 0.483. The van der Waals surface area contributed by atoms with Gasteiger partial charge in [0.05, 0.1) is 20.8 Å². The quantitative estimate of drug-likeness (QED) is 0.577. The lowest BCUT2D eigenvalue weighted by Crippen LogP contribution is -2.61. The van der Waals surface area contributed by atoms with Gasteiger partial charge in [-0.1, -0.05) is 0 Å². The van der Waals surface area contributed by atoms with Crippen molar-refractivity contribution in [2.45, 2.75) is 24.6 Å². The van der Waals surface area contributed by atoms with E-state index in [2.05, 4.69) is 4.90 Å². The molecule has 3 heterocycles. The molecule has 3 aliphatic heterocycles. The third kappa shape index (κ3) is 5.31. The lowest BCUT2D eigenvalue weighted by Gasteiger charge is -2.45. The number of methoxy groups -OCH3 is 2. The number of piperazine rings is 1. The Kier molecular flexibility index (Phi) is 7.76. The molecule has 10 heteroatoms. The minimum Gasteiger partial charge on any atom is -0.497 e. The summed E-state index contributed by atoms with van der Waals surface area (Å²) in [7, 11) is 5.20. The number of hydrogen-bond donors (Lipinski definition) is 0. The summed E-state index contributed by atoms with van der Waals surface area (Å²) < 4.78 is 16.8. The molecule has 39 heavy (non-hydrogen) atoms. The number of carbonyl (C=O) groups excluding carboxylic acids is 3. The zero-order valence-electron chi connectivity index (χ0n) is 22.8. The summed E-state index contributed by atoms with van der Waals surface area (Å²) in [5, 5.41) is 0. The first-order valence-corrected chi connectivity index (χ1v) is 13.4. The smallest absolute Gasteiger partial charge is 0.256 e. The van der Waals surface area contributed by atoms with E-state index in [9.17, 15) is 14.4 Å². The van der Waals surface area contributed by atoms with Crippen LogP contribution in [0.25, 0.3) is 0 Å². The number of piperidine rings is 1. The maximum Gasteiger partial charge on any atom is 0.256 e. The summed E-state index contributed by atoms with van der Waals surface area (Å²) >= 11 is 0. The van der Waals surface area contributed by atoms with Gasteiger partial charge in [0.2, 0.25) is 5.91 Å². The average molecular weight is 537 g/mol. The number of amides is 3. The highest BCUT2D eigenvalue weighted by molar-refractivity contribution is 5.99. The number of likely N-dealkylation sites (tertiary alicyclic amines) is 1. The van der Waals surface area contributed by atoms with Crippen LogP contribution in [0, 0.1) is 0 Å². The number of benzene rings is 2. The van der Waals surface area contributed by atoms with Crippen molar-refractivity contribution in [1.29, 1.82) is 0 Å². The standard InChI is InChI=1S/C29H36N4O6/c1-30-16-18-32(19-17-30)28(36)25-20-39-29(33(25)27(35)22-6-10-24(38-3)11-7-22)12-14-31(15-13-29)26(34)21-4-8-23(37-2)9-5-21/h4-11,25H,12-20H2,1-3H3/t25-/m0/s1. The zero-order valence-corrected chi connectivity index (χ0v) is 22.8. The molecule has 3 fully saturated rings. The SMILES string of the molecule is COc1ccc(C(=O)N2CCC3(CC2)OC[C@@H](C(=O)N2CCN(C)CC2)N3C(=O)c2ccc(OC)cc2)cc1. The molecule has 0 aliphatic carbocycles. The van der Waals surface area contributed by atoms with E-state index in [1.165, 1.54) is 0 Å². The van der Waals surface area contributed by atoms with Gasteiger partial charge in [-0.25, -0.2) is 0 Å². The molecule has 2 aromatic rings. The van der Waals surface area contributed by atoms with Crippen molar-refractivity contribution in [2.24, 2.45) is 0 Å². The molecule has 0 N–H and O–H groups in total. The van der Waals surface area contributed by atoms with E-state index < -0.39 is 11.8 Å². The summed E-state index contributed by atoms with van der Waals surface area (Å²) in [5.74, 6) is 0.918. The van der Waals surface area contributed by atoms with Gasteiger partial charge in [0.25, 0.3) is 11.8 Å². The maximum atomic E-state index is 14.0. The van der Waals surface area contributed by atoms with Gasteiger partial charge in [0, 0.05) is 63.2 Å². The van der Waals surface area contributed by atoms with Crippen LogP contribution in [0.1, 0.15) is 33.6 Å². The van der Waals surface area contributed by atoms with E-state index in [0.717, 1.165) is 13.1 Å². The zero-order chi connectivity index (χ0) is 27.6. The highest BCUT2D eigenvalue weighted by Gasteiger charge is 2.55. The number of hydrogen-bond acceptors (Lipinski definition) is 7. The van der Waals surface area contributed by atoms with Crippen LogP contribution in [-0.4, -0.2) is 116 Å². The first-order valence-electron chi connectivity index (χ1n) is 13.4. The third-order valence-corrected chi connectivity index (χ3v) is 8.09. The summed E-state index contributed by atoms with van der Waals surface area (Å²) in [5.41, 5.74) is 0.0858. The Bertz CT molecular complexity index is 1190. The van der Waals surface area contributed by atoms with E-state index >= 15 is 0 Å². The third-order valence-electron chi connectivity index (χ3n) is 8.09. The lowest BCUT2D eigenvalue weighted by molar-refractivity contribution is -0.139. The van der Waals surface area contributed by atoms with Crippen LogP contribution in [0.4, 0.5) is 0 Å². The molecule has 1 spiro atoms. The van der Waals surface area contributed by atoms with Crippen molar-refractivity contribution in [3.05, 3.63) is 59.7 Å². The van der Waals surface area contributed by atoms with Gasteiger partial charge in [0.15, 0.2) is 0 Å². The molecule has 0 bridgehead atoms. The fourth-order valence-electron chi connectivity index (χ4n) is 5.64. The van der Waals surface area contributed by atoms with E-state index in [0.29, 0.717) is 61.6 Å². The molecule has 0 unspecified atom stereocenters. The van der Waals surface area contributed by atoms with E-state index in [-0.39, 0.29) is 24.3 Å². The van der Waals surface area contributed by atoms with Crippen molar-refractivity contribution in [1.82, 2.24) is 19.6 Å². The normalized spacial score (nSPS) is 21.2. The Balaban J connectivity index is 1.37. The Hall–Kier alpha value is -3.63. The fourth-order valence-corrected chi connectivity index (χ4v) is 5.64. The largest absolute Gasteiger partial charge is 0.497 e. The number of rotatable bonds is 5. The molecule has 3 amide bonds. The predicted octanol–water partition coefficient (Wildman–Crippen LogP) is 1.95. The van der Waals surface area contributed by atoms with Crippen LogP contribution in [0.2, 0.25) is 0 Å². The molecule has 2 aromatic carbocycles. The van der Waals surface area contributed by atoms with Crippen molar-refractivity contribution in [3.8, 4) is 11.5 Å². The van der Waals surface area contributed by atoms with Crippen LogP contribution >= 0.6 is 0 Å². The maximum absolute atomic E-state index is 14.0. The van der Waals surface area contributed by atoms with Gasteiger partial charge in [0.1, 0.15) is 23.3 Å². The molecule has 3 aliphatic rings. The van der Waals surface area contributed by atoms with Crippen LogP contribution in [0.15, 0.2) is 48.5 Å². The second-order valence-electron chi connectivity index (χ2n) is 10.3. The molecule has 0 saturated carbocycles. The van der Waals surface area contributed by atoms with Crippen LogP contribution in [-0.2, 0) is 9.53 Å². The first-order chi connectivity index (χ1) is 18.8. The molecule has 1 atom stereocenters. The molecule has 0 radical (unpaired) electrons. The summed E-state index contributed by atoms with van der Waals surface area (Å²) in [6.07, 6.45) is 0.840. The summed E-state index contributed by atoms with van der Waals surface area (Å²) in [6, 6.07) is 13.2. The van der Waals surface area contributed by atoms with Crippen molar-refractivity contribution in [3.63, 3.8) is 0 Å². The first kappa shape index (κ1) is 27.0. The second-order valence-corrected chi connectivity index (χ2v) is 10.3. The molecular weight excluding hydrogens is 500 g/mol. The highest BCUT2D eigenvalue weighted by atomic mass is 16.5. The van der Waals surface area contributed by atoms with Gasteiger partial charge in [-0.3, -0.25) is 19.3 Å². The van der Waals surface area contributed by atoms with Gasteiger partial charge in [-0.15, -0.1) is 0 Å². The molecule has 3 saturated heterocycles. The van der Waals surface area contributed by atoms with Crippen molar-refractivity contribution < 1.29 is 28.6 Å². The molecule has 10 nitrogen and oxygen atoms in total. The van der Waals surface area contributed by atoms with Crippen LogP contribution < -0.4 is 9.47 Å².